The zero-order valence-corrected chi connectivity index (χ0v) is 14.0. The molecular weight excluding hydrogens is 274 g/mol. The van der Waals surface area contributed by atoms with E-state index in [2.05, 4.69) is 48.7 Å². The van der Waals surface area contributed by atoms with Gasteiger partial charge in [-0.3, -0.25) is 4.79 Å². The molecule has 4 nitrogen and oxygen atoms in total. The number of benzene rings is 1. The number of nitrogens with one attached hydrogen (secondary N) is 2. The van der Waals surface area contributed by atoms with Gasteiger partial charge < -0.3 is 5.32 Å². The van der Waals surface area contributed by atoms with E-state index in [1.54, 1.807) is 0 Å². The fourth-order valence-corrected chi connectivity index (χ4v) is 3.06. The number of aryl methyl sites for hydroxylation is 3. The molecule has 2 N–H and O–H groups in total. The van der Waals surface area contributed by atoms with Gasteiger partial charge in [-0.05, 0) is 57.6 Å². The Kier molecular flexibility index (Phi) is 5.99. The molecule has 0 bridgehead atoms. The summed E-state index contributed by atoms with van der Waals surface area (Å²) in [6.07, 6.45) is 6.97. The molecule has 0 spiro atoms. The molecule has 0 heterocycles. The third-order valence-electron chi connectivity index (χ3n) is 4.12. The number of nitrogens with zero attached hydrogens (tertiary/aromatic N) is 1. The van der Waals surface area contributed by atoms with Crippen LogP contribution in [0.5, 0.6) is 0 Å². The summed E-state index contributed by atoms with van der Waals surface area (Å²) in [6.45, 7) is 6.46. The Hall–Kier alpha value is -1.84. The SMILES string of the molecule is Cc1cc(C)c(NCC(=O)NN=C2CCCCCC2)c(C)c1. The molecule has 0 unspecified atom stereocenters. The quantitative estimate of drug-likeness (QED) is 0.655. The number of rotatable bonds is 4. The third-order valence-corrected chi connectivity index (χ3v) is 4.12. The topological polar surface area (TPSA) is 53.5 Å². The Labute approximate surface area is 133 Å². The van der Waals surface area contributed by atoms with E-state index in [4.69, 9.17) is 0 Å². The minimum Gasteiger partial charge on any atom is -0.376 e. The van der Waals surface area contributed by atoms with Crippen LogP contribution in [-0.4, -0.2) is 18.2 Å². The van der Waals surface area contributed by atoms with Crippen LogP contribution in [0.25, 0.3) is 0 Å². The van der Waals surface area contributed by atoms with Crippen molar-refractivity contribution >= 4 is 17.3 Å². The normalized spacial score (nSPS) is 15.1. The number of hydrogen-bond donors (Lipinski definition) is 2. The maximum atomic E-state index is 12.0. The fraction of sp³-hybridized carbons (Fsp3) is 0.556. The van der Waals surface area contributed by atoms with Gasteiger partial charge in [-0.15, -0.1) is 0 Å². The van der Waals surface area contributed by atoms with Crippen LogP contribution in [-0.2, 0) is 4.79 Å². The van der Waals surface area contributed by atoms with Gasteiger partial charge in [-0.1, -0.05) is 30.5 Å². The second kappa shape index (κ2) is 7.97. The maximum absolute atomic E-state index is 12.0. The Morgan fingerprint density at radius 1 is 1.05 bits per heavy atom. The first-order chi connectivity index (χ1) is 10.6. The largest absolute Gasteiger partial charge is 0.376 e. The number of carbonyl (C=O) groups excluding carboxylic acids is 1. The number of amides is 1. The van der Waals surface area contributed by atoms with Crippen molar-refractivity contribution in [2.75, 3.05) is 11.9 Å². The molecule has 1 fully saturated rings. The van der Waals surface area contributed by atoms with E-state index in [0.29, 0.717) is 0 Å². The van der Waals surface area contributed by atoms with Gasteiger partial charge in [0, 0.05) is 11.4 Å². The highest BCUT2D eigenvalue weighted by atomic mass is 16.2. The highest BCUT2D eigenvalue weighted by molar-refractivity contribution is 5.87. The van der Waals surface area contributed by atoms with E-state index in [1.807, 2.05) is 0 Å². The predicted octanol–water partition coefficient (Wildman–Crippen LogP) is 3.85. The first-order valence-electron chi connectivity index (χ1n) is 8.22. The van der Waals surface area contributed by atoms with Crippen LogP contribution in [0.2, 0.25) is 0 Å². The summed E-state index contributed by atoms with van der Waals surface area (Å²) < 4.78 is 0. The summed E-state index contributed by atoms with van der Waals surface area (Å²) in [4.78, 5) is 12.0. The van der Waals surface area contributed by atoms with Crippen LogP contribution in [0.1, 0.15) is 55.2 Å². The molecule has 0 radical (unpaired) electrons. The van der Waals surface area contributed by atoms with Crippen molar-refractivity contribution in [1.29, 1.82) is 0 Å². The van der Waals surface area contributed by atoms with Gasteiger partial charge in [0.1, 0.15) is 0 Å². The van der Waals surface area contributed by atoms with E-state index >= 15 is 0 Å². The Balaban J connectivity index is 1.86. The minimum absolute atomic E-state index is 0.0869. The lowest BCUT2D eigenvalue weighted by atomic mass is 10.1. The van der Waals surface area contributed by atoms with Crippen molar-refractivity contribution in [1.82, 2.24) is 5.43 Å². The predicted molar refractivity (Wildman–Crippen MR) is 92.4 cm³/mol. The van der Waals surface area contributed by atoms with Gasteiger partial charge in [-0.25, -0.2) is 5.43 Å². The van der Waals surface area contributed by atoms with E-state index in [9.17, 15) is 4.79 Å². The molecule has 0 atom stereocenters. The molecule has 1 saturated carbocycles. The zero-order valence-electron chi connectivity index (χ0n) is 14.0. The van der Waals surface area contributed by atoms with E-state index < -0.39 is 0 Å². The molecule has 0 aliphatic heterocycles. The summed E-state index contributed by atoms with van der Waals surface area (Å²) in [5.74, 6) is -0.0869. The van der Waals surface area contributed by atoms with Crippen LogP contribution < -0.4 is 10.7 Å². The molecule has 2 rings (SSSR count). The molecule has 120 valence electrons. The Bertz CT molecular complexity index is 530. The van der Waals surface area contributed by atoms with Gasteiger partial charge >= 0.3 is 0 Å². The van der Waals surface area contributed by atoms with Gasteiger partial charge in [0.2, 0.25) is 0 Å². The molecule has 4 heteroatoms. The molecule has 22 heavy (non-hydrogen) atoms. The number of anilines is 1. The molecule has 1 amide bonds. The fourth-order valence-electron chi connectivity index (χ4n) is 3.06. The first kappa shape index (κ1) is 16.5. The lowest BCUT2D eigenvalue weighted by molar-refractivity contribution is -0.119. The summed E-state index contributed by atoms with van der Waals surface area (Å²) in [5.41, 5.74) is 8.44. The number of hydrazone groups is 1. The first-order valence-corrected chi connectivity index (χ1v) is 8.22. The van der Waals surface area contributed by atoms with Crippen LogP contribution in [0.4, 0.5) is 5.69 Å². The number of hydrogen-bond acceptors (Lipinski definition) is 3. The molecular formula is C18H27N3O. The Morgan fingerprint density at radius 2 is 1.64 bits per heavy atom. The summed E-state index contributed by atoms with van der Waals surface area (Å²) >= 11 is 0. The van der Waals surface area contributed by atoms with Crippen molar-refractivity contribution < 1.29 is 4.79 Å². The van der Waals surface area contributed by atoms with Gasteiger partial charge in [0.25, 0.3) is 5.91 Å². The van der Waals surface area contributed by atoms with Gasteiger partial charge in [-0.2, -0.15) is 5.10 Å². The monoisotopic (exact) mass is 301 g/mol. The summed E-state index contributed by atoms with van der Waals surface area (Å²) in [5, 5.41) is 7.52. The molecule has 1 aliphatic rings. The van der Waals surface area contributed by atoms with Crippen molar-refractivity contribution in [3.8, 4) is 0 Å². The van der Waals surface area contributed by atoms with Crippen LogP contribution in [0.15, 0.2) is 17.2 Å². The lowest BCUT2D eigenvalue weighted by Gasteiger charge is -2.13. The van der Waals surface area contributed by atoms with E-state index in [1.165, 1.54) is 42.4 Å². The summed E-state index contributed by atoms with van der Waals surface area (Å²) in [6, 6.07) is 4.25. The average molecular weight is 301 g/mol. The molecule has 1 aromatic carbocycles. The zero-order chi connectivity index (χ0) is 15.9. The Morgan fingerprint density at radius 3 is 2.23 bits per heavy atom. The highest BCUT2D eigenvalue weighted by Gasteiger charge is 2.08. The van der Waals surface area contributed by atoms with E-state index in [0.717, 1.165) is 24.2 Å². The number of carbonyl (C=O) groups is 1. The molecule has 0 aromatic heterocycles. The van der Waals surface area contributed by atoms with Gasteiger partial charge in [0.05, 0.1) is 6.54 Å². The summed E-state index contributed by atoms with van der Waals surface area (Å²) in [7, 11) is 0. The standard InChI is InChI=1S/C18H27N3O/c1-13-10-14(2)18(15(3)11-13)19-12-17(22)21-20-16-8-6-4-5-7-9-16/h10-11,19H,4-9,12H2,1-3H3,(H,21,22). The smallest absolute Gasteiger partial charge is 0.259 e. The van der Waals surface area contributed by atoms with Crippen LogP contribution in [0, 0.1) is 20.8 Å². The van der Waals surface area contributed by atoms with Crippen molar-refractivity contribution in [2.45, 2.75) is 59.3 Å². The van der Waals surface area contributed by atoms with Crippen LogP contribution >= 0.6 is 0 Å². The van der Waals surface area contributed by atoms with E-state index in [-0.39, 0.29) is 12.5 Å². The third kappa shape index (κ3) is 4.86. The maximum Gasteiger partial charge on any atom is 0.259 e. The molecule has 1 aliphatic carbocycles. The van der Waals surface area contributed by atoms with Crippen LogP contribution in [0.3, 0.4) is 0 Å². The second-order valence-electron chi connectivity index (χ2n) is 6.25. The molecule has 1 aromatic rings. The second-order valence-corrected chi connectivity index (χ2v) is 6.25. The molecule has 0 saturated heterocycles. The lowest BCUT2D eigenvalue weighted by Crippen LogP contribution is -2.27. The van der Waals surface area contributed by atoms with Crippen molar-refractivity contribution in [2.24, 2.45) is 5.10 Å². The minimum atomic E-state index is -0.0869. The average Bonchev–Trinajstić information content (AvgIpc) is 2.72. The van der Waals surface area contributed by atoms with Gasteiger partial charge in [0.15, 0.2) is 0 Å². The van der Waals surface area contributed by atoms with Crippen molar-refractivity contribution in [3.63, 3.8) is 0 Å². The van der Waals surface area contributed by atoms with Crippen molar-refractivity contribution in [3.05, 3.63) is 28.8 Å². The highest BCUT2D eigenvalue weighted by Crippen LogP contribution is 2.21.